The fourth-order valence-corrected chi connectivity index (χ4v) is 2.96. The van der Waals surface area contributed by atoms with Crippen LogP contribution in [-0.4, -0.2) is 36.5 Å². The third-order valence-corrected chi connectivity index (χ3v) is 4.07. The lowest BCUT2D eigenvalue weighted by Crippen LogP contribution is -2.43. The number of rotatable bonds is 4. The molecule has 1 aromatic carbocycles. The van der Waals surface area contributed by atoms with Crippen LogP contribution in [0.25, 0.3) is 11.0 Å². The molecule has 116 valence electrons. The molecule has 1 amide bonds. The third-order valence-electron chi connectivity index (χ3n) is 4.07. The molecular formula is C17H20N2O3. The molecule has 1 aliphatic heterocycles. The van der Waals surface area contributed by atoms with Gasteiger partial charge in [-0.3, -0.25) is 4.79 Å². The van der Waals surface area contributed by atoms with E-state index in [9.17, 15) is 9.59 Å². The molecule has 1 aromatic heterocycles. The van der Waals surface area contributed by atoms with Gasteiger partial charge in [-0.1, -0.05) is 25.1 Å². The van der Waals surface area contributed by atoms with E-state index < -0.39 is 5.63 Å². The Labute approximate surface area is 128 Å². The van der Waals surface area contributed by atoms with Crippen molar-refractivity contribution in [1.29, 1.82) is 0 Å². The zero-order valence-electron chi connectivity index (χ0n) is 12.7. The first-order valence-corrected chi connectivity index (χ1v) is 7.75. The highest BCUT2D eigenvalue weighted by atomic mass is 16.4. The molecule has 22 heavy (non-hydrogen) atoms. The van der Waals surface area contributed by atoms with E-state index in [2.05, 4.69) is 5.32 Å². The van der Waals surface area contributed by atoms with Crippen LogP contribution in [0, 0.1) is 0 Å². The average Bonchev–Trinajstić information content (AvgIpc) is 3.05. The summed E-state index contributed by atoms with van der Waals surface area (Å²) in [5, 5.41) is 4.04. The van der Waals surface area contributed by atoms with Gasteiger partial charge in [-0.25, -0.2) is 4.79 Å². The van der Waals surface area contributed by atoms with Crippen LogP contribution < -0.4 is 10.9 Å². The number of carbonyl (C=O) groups is 1. The summed E-state index contributed by atoms with van der Waals surface area (Å²) in [6, 6.07) is 9.04. The largest absolute Gasteiger partial charge is 0.422 e. The van der Waals surface area contributed by atoms with Crippen molar-refractivity contribution in [1.82, 2.24) is 10.2 Å². The Morgan fingerprint density at radius 3 is 2.95 bits per heavy atom. The van der Waals surface area contributed by atoms with E-state index in [1.807, 2.05) is 19.1 Å². The molecule has 0 radical (unpaired) electrons. The van der Waals surface area contributed by atoms with Crippen LogP contribution in [0.3, 0.4) is 0 Å². The first-order chi connectivity index (χ1) is 10.7. The maximum Gasteiger partial charge on any atom is 0.349 e. The van der Waals surface area contributed by atoms with Gasteiger partial charge in [-0.05, 0) is 31.5 Å². The zero-order chi connectivity index (χ0) is 15.5. The molecule has 0 aliphatic carbocycles. The summed E-state index contributed by atoms with van der Waals surface area (Å²) >= 11 is 0. The van der Waals surface area contributed by atoms with E-state index in [-0.39, 0.29) is 17.5 Å². The Morgan fingerprint density at radius 2 is 2.23 bits per heavy atom. The lowest BCUT2D eigenvalue weighted by Gasteiger charge is -2.27. The van der Waals surface area contributed by atoms with Crippen molar-refractivity contribution < 1.29 is 9.21 Å². The van der Waals surface area contributed by atoms with E-state index >= 15 is 0 Å². The molecule has 1 N–H and O–H groups in total. The minimum Gasteiger partial charge on any atom is -0.422 e. The highest BCUT2D eigenvalue weighted by Crippen LogP contribution is 2.16. The number of carbonyl (C=O) groups excluding carboxylic acids is 1. The van der Waals surface area contributed by atoms with Crippen LogP contribution in [-0.2, 0) is 0 Å². The Hall–Kier alpha value is -2.14. The van der Waals surface area contributed by atoms with Gasteiger partial charge in [-0.2, -0.15) is 0 Å². The molecule has 3 rings (SSSR count). The van der Waals surface area contributed by atoms with E-state index in [1.165, 1.54) is 0 Å². The number of hydrogen-bond donors (Lipinski definition) is 1. The standard InChI is InChI=1S/C17H20N2O3/c1-2-9-19(13-7-8-18-11-13)16(20)14-10-12-5-3-4-6-15(12)22-17(14)21/h3-6,10,13,18H,2,7-9,11H2,1H3. The second kappa shape index (κ2) is 6.32. The second-order valence-electron chi connectivity index (χ2n) is 5.63. The topological polar surface area (TPSA) is 62.6 Å². The smallest absolute Gasteiger partial charge is 0.349 e. The number of hydrogen-bond acceptors (Lipinski definition) is 4. The normalized spacial score (nSPS) is 17.8. The lowest BCUT2D eigenvalue weighted by molar-refractivity contribution is 0.0688. The monoisotopic (exact) mass is 300 g/mol. The predicted octanol–water partition coefficient (Wildman–Crippen LogP) is 2.01. The quantitative estimate of drug-likeness (QED) is 0.877. The molecule has 1 fully saturated rings. The average molecular weight is 300 g/mol. The molecule has 0 bridgehead atoms. The minimum atomic E-state index is -0.559. The molecule has 2 heterocycles. The van der Waals surface area contributed by atoms with Crippen molar-refractivity contribution >= 4 is 16.9 Å². The summed E-state index contributed by atoms with van der Waals surface area (Å²) in [4.78, 5) is 26.8. The van der Waals surface area contributed by atoms with Crippen LogP contribution in [0.5, 0.6) is 0 Å². The molecule has 0 spiro atoms. The van der Waals surface area contributed by atoms with Gasteiger partial charge in [0.1, 0.15) is 11.1 Å². The van der Waals surface area contributed by atoms with Gasteiger partial charge in [0.25, 0.3) is 5.91 Å². The molecule has 1 saturated heterocycles. The highest BCUT2D eigenvalue weighted by molar-refractivity contribution is 5.96. The summed E-state index contributed by atoms with van der Waals surface area (Å²) < 4.78 is 5.29. The maximum absolute atomic E-state index is 12.8. The van der Waals surface area contributed by atoms with Crippen LogP contribution in [0.1, 0.15) is 30.1 Å². The number of benzene rings is 1. The molecule has 0 saturated carbocycles. The Balaban J connectivity index is 1.98. The van der Waals surface area contributed by atoms with Gasteiger partial charge in [0.2, 0.25) is 0 Å². The Morgan fingerprint density at radius 1 is 1.41 bits per heavy atom. The number of nitrogens with zero attached hydrogens (tertiary/aromatic N) is 1. The van der Waals surface area contributed by atoms with Crippen molar-refractivity contribution in [2.45, 2.75) is 25.8 Å². The first kappa shape index (κ1) is 14.8. The molecule has 5 nitrogen and oxygen atoms in total. The molecular weight excluding hydrogens is 280 g/mol. The molecule has 1 atom stereocenters. The minimum absolute atomic E-state index is 0.124. The third kappa shape index (κ3) is 2.76. The Kier molecular flexibility index (Phi) is 4.24. The maximum atomic E-state index is 12.8. The number of para-hydroxylation sites is 1. The Bertz CT molecular complexity index is 732. The van der Waals surface area contributed by atoms with Crippen LogP contribution in [0.2, 0.25) is 0 Å². The van der Waals surface area contributed by atoms with E-state index in [0.717, 1.165) is 31.3 Å². The number of amides is 1. The summed E-state index contributed by atoms with van der Waals surface area (Å²) in [5.74, 6) is -0.227. The predicted molar refractivity (Wildman–Crippen MR) is 85.1 cm³/mol. The van der Waals surface area contributed by atoms with Crippen molar-refractivity contribution in [2.75, 3.05) is 19.6 Å². The van der Waals surface area contributed by atoms with Crippen molar-refractivity contribution in [3.8, 4) is 0 Å². The van der Waals surface area contributed by atoms with Gasteiger partial charge in [-0.15, -0.1) is 0 Å². The van der Waals surface area contributed by atoms with E-state index in [1.54, 1.807) is 23.1 Å². The van der Waals surface area contributed by atoms with Gasteiger partial charge < -0.3 is 14.6 Å². The molecule has 1 unspecified atom stereocenters. The van der Waals surface area contributed by atoms with Crippen LogP contribution >= 0.6 is 0 Å². The fraction of sp³-hybridized carbons (Fsp3) is 0.412. The van der Waals surface area contributed by atoms with E-state index in [0.29, 0.717) is 12.1 Å². The number of nitrogens with one attached hydrogen (secondary N) is 1. The zero-order valence-corrected chi connectivity index (χ0v) is 12.7. The van der Waals surface area contributed by atoms with Gasteiger partial charge in [0.05, 0.1) is 0 Å². The van der Waals surface area contributed by atoms with Crippen molar-refractivity contribution in [3.63, 3.8) is 0 Å². The van der Waals surface area contributed by atoms with Crippen molar-refractivity contribution in [3.05, 3.63) is 46.3 Å². The van der Waals surface area contributed by atoms with Gasteiger partial charge in [0.15, 0.2) is 0 Å². The van der Waals surface area contributed by atoms with Gasteiger partial charge in [0, 0.05) is 24.5 Å². The SMILES string of the molecule is CCCN(C(=O)c1cc2ccccc2oc1=O)C1CCNC1. The summed E-state index contributed by atoms with van der Waals surface area (Å²) in [6.07, 6.45) is 1.78. The van der Waals surface area contributed by atoms with E-state index in [4.69, 9.17) is 4.42 Å². The summed E-state index contributed by atoms with van der Waals surface area (Å²) in [7, 11) is 0. The summed E-state index contributed by atoms with van der Waals surface area (Å²) in [6.45, 7) is 4.37. The number of fused-ring (bicyclic) bond motifs is 1. The van der Waals surface area contributed by atoms with Crippen LogP contribution in [0.4, 0.5) is 0 Å². The van der Waals surface area contributed by atoms with Gasteiger partial charge >= 0.3 is 5.63 Å². The first-order valence-electron chi connectivity index (χ1n) is 7.75. The van der Waals surface area contributed by atoms with Crippen molar-refractivity contribution in [2.24, 2.45) is 0 Å². The molecule has 5 heteroatoms. The van der Waals surface area contributed by atoms with Crippen LogP contribution in [0.15, 0.2) is 39.5 Å². The summed E-state index contributed by atoms with van der Waals surface area (Å²) in [5.41, 5.74) is 0.0726. The highest BCUT2D eigenvalue weighted by Gasteiger charge is 2.28. The molecule has 2 aromatic rings. The fourth-order valence-electron chi connectivity index (χ4n) is 2.96. The molecule has 1 aliphatic rings. The second-order valence-corrected chi connectivity index (χ2v) is 5.63. The lowest BCUT2D eigenvalue weighted by atomic mass is 10.1.